The van der Waals surface area contributed by atoms with Crippen LogP contribution in [-0.4, -0.2) is 36.3 Å². The van der Waals surface area contributed by atoms with Gasteiger partial charge in [-0.2, -0.15) is 0 Å². The van der Waals surface area contributed by atoms with Crippen LogP contribution in [0.4, 0.5) is 0 Å². The predicted octanol–water partition coefficient (Wildman–Crippen LogP) is 1.66. The second-order valence-corrected chi connectivity index (χ2v) is 5.81. The summed E-state index contributed by atoms with van der Waals surface area (Å²) in [5.41, 5.74) is 5.24. The number of hydrazine groups is 1. The van der Waals surface area contributed by atoms with E-state index in [-0.39, 0.29) is 5.78 Å². The molecule has 0 spiro atoms. The Kier molecular flexibility index (Phi) is 7.27. The molecule has 0 fully saturated rings. The van der Waals surface area contributed by atoms with Crippen molar-refractivity contribution < 1.29 is 28.7 Å². The Morgan fingerprint density at radius 2 is 1.61 bits per heavy atom. The topological polar surface area (TPSA) is 111 Å². The van der Waals surface area contributed by atoms with E-state index in [0.717, 1.165) is 0 Å². The van der Waals surface area contributed by atoms with Crippen LogP contribution in [0, 0.1) is 0 Å². The molecule has 2 aromatic rings. The molecular weight excluding hydrogens is 364 g/mol. The third-order valence-corrected chi connectivity index (χ3v) is 3.61. The number of carbonyl (C=O) groups excluding carboxylic acids is 4. The molecular formula is C20H20N2O6. The Morgan fingerprint density at radius 3 is 2.29 bits per heavy atom. The van der Waals surface area contributed by atoms with Gasteiger partial charge in [0.25, 0.3) is 11.8 Å². The van der Waals surface area contributed by atoms with Gasteiger partial charge in [-0.1, -0.05) is 30.3 Å². The van der Waals surface area contributed by atoms with Crippen LogP contribution in [0.5, 0.6) is 5.75 Å². The molecule has 28 heavy (non-hydrogen) atoms. The summed E-state index contributed by atoms with van der Waals surface area (Å²) in [5, 5.41) is 0. The normalized spacial score (nSPS) is 11.1. The van der Waals surface area contributed by atoms with E-state index in [9.17, 15) is 19.2 Å². The zero-order valence-corrected chi connectivity index (χ0v) is 15.4. The van der Waals surface area contributed by atoms with Gasteiger partial charge in [0.15, 0.2) is 18.5 Å². The molecule has 2 amide bonds. The number of nitrogens with one attached hydrogen (secondary N) is 2. The average molecular weight is 384 g/mol. The van der Waals surface area contributed by atoms with Crippen molar-refractivity contribution in [1.29, 1.82) is 0 Å². The molecule has 8 nitrogen and oxygen atoms in total. The van der Waals surface area contributed by atoms with Gasteiger partial charge >= 0.3 is 5.97 Å². The van der Waals surface area contributed by atoms with Crippen molar-refractivity contribution in [3.63, 3.8) is 0 Å². The third-order valence-electron chi connectivity index (χ3n) is 3.61. The summed E-state index contributed by atoms with van der Waals surface area (Å²) >= 11 is 0. The minimum absolute atomic E-state index is 0.129. The van der Waals surface area contributed by atoms with Crippen molar-refractivity contribution in [3.8, 4) is 5.75 Å². The molecule has 2 rings (SSSR count). The summed E-state index contributed by atoms with van der Waals surface area (Å²) < 4.78 is 10.2. The van der Waals surface area contributed by atoms with Crippen molar-refractivity contribution >= 4 is 23.6 Å². The summed E-state index contributed by atoms with van der Waals surface area (Å²) in [6.45, 7) is 2.35. The summed E-state index contributed by atoms with van der Waals surface area (Å²) in [5.74, 6) is -1.77. The van der Waals surface area contributed by atoms with Crippen LogP contribution in [-0.2, 0) is 14.3 Å². The summed E-state index contributed by atoms with van der Waals surface area (Å²) in [4.78, 5) is 46.9. The molecule has 0 aliphatic heterocycles. The Hall–Kier alpha value is -3.68. The van der Waals surface area contributed by atoms with Crippen molar-refractivity contribution in [3.05, 3.63) is 65.7 Å². The van der Waals surface area contributed by atoms with Crippen molar-refractivity contribution in [2.24, 2.45) is 0 Å². The number of carbonyl (C=O) groups is 4. The van der Waals surface area contributed by atoms with Crippen LogP contribution in [0.3, 0.4) is 0 Å². The van der Waals surface area contributed by atoms with Gasteiger partial charge in [0.2, 0.25) is 0 Å². The average Bonchev–Trinajstić information content (AvgIpc) is 2.71. The second-order valence-electron chi connectivity index (χ2n) is 5.81. The largest absolute Gasteiger partial charge is 0.482 e. The maximum Gasteiger partial charge on any atom is 0.344 e. The van der Waals surface area contributed by atoms with E-state index in [0.29, 0.717) is 16.9 Å². The van der Waals surface area contributed by atoms with E-state index in [1.54, 1.807) is 48.5 Å². The first-order valence-corrected chi connectivity index (χ1v) is 8.45. The lowest BCUT2D eigenvalue weighted by Gasteiger charge is -2.14. The lowest BCUT2D eigenvalue weighted by atomic mass is 10.1. The van der Waals surface area contributed by atoms with E-state index in [2.05, 4.69) is 10.9 Å². The molecule has 1 atom stereocenters. The SMILES string of the molecule is CC(=O)c1cccc(OCC(=O)O[C@@H](C)C(=O)NNC(=O)c2ccccc2)c1. The van der Waals surface area contributed by atoms with Crippen LogP contribution in [0.1, 0.15) is 34.6 Å². The molecule has 2 aromatic carbocycles. The highest BCUT2D eigenvalue weighted by atomic mass is 16.6. The predicted molar refractivity (Wildman–Crippen MR) is 99.5 cm³/mol. The number of rotatable bonds is 7. The number of hydrogen-bond acceptors (Lipinski definition) is 6. The zero-order valence-electron chi connectivity index (χ0n) is 15.4. The van der Waals surface area contributed by atoms with Gasteiger partial charge < -0.3 is 9.47 Å². The Labute approximate surface area is 161 Å². The highest BCUT2D eigenvalue weighted by Gasteiger charge is 2.19. The molecule has 8 heteroatoms. The molecule has 0 unspecified atom stereocenters. The minimum atomic E-state index is -1.14. The van der Waals surface area contributed by atoms with Gasteiger partial charge in [-0.05, 0) is 38.1 Å². The number of amides is 2. The lowest BCUT2D eigenvalue weighted by molar-refractivity contribution is -0.156. The molecule has 0 aromatic heterocycles. The maximum atomic E-state index is 11.9. The molecule has 0 saturated heterocycles. The number of ether oxygens (including phenoxy) is 2. The van der Waals surface area contributed by atoms with Gasteiger partial charge in [-0.3, -0.25) is 25.2 Å². The lowest BCUT2D eigenvalue weighted by Crippen LogP contribution is -2.47. The standard InChI is InChI=1S/C20H20N2O6/c1-13(23)16-9-6-10-17(11-16)27-12-18(24)28-14(2)19(25)21-22-20(26)15-7-4-3-5-8-15/h3-11,14H,12H2,1-2H3,(H,21,25)(H,22,26)/t14-/m0/s1. The fraction of sp³-hybridized carbons (Fsp3) is 0.200. The molecule has 0 heterocycles. The van der Waals surface area contributed by atoms with Crippen molar-refractivity contribution in [2.45, 2.75) is 20.0 Å². The number of Topliss-reactive ketones (excluding diaryl/α,β-unsaturated/α-hetero) is 1. The van der Waals surface area contributed by atoms with E-state index in [1.165, 1.54) is 19.9 Å². The first-order chi connectivity index (χ1) is 13.4. The first-order valence-electron chi connectivity index (χ1n) is 8.45. The van der Waals surface area contributed by atoms with Gasteiger partial charge in [-0.15, -0.1) is 0 Å². The van der Waals surface area contributed by atoms with Gasteiger partial charge in [-0.25, -0.2) is 4.79 Å². The molecule has 0 radical (unpaired) electrons. The van der Waals surface area contributed by atoms with E-state index < -0.39 is 30.5 Å². The number of benzene rings is 2. The highest BCUT2D eigenvalue weighted by molar-refractivity contribution is 5.96. The minimum Gasteiger partial charge on any atom is -0.482 e. The van der Waals surface area contributed by atoms with E-state index in [4.69, 9.17) is 9.47 Å². The first kappa shape index (κ1) is 20.6. The van der Waals surface area contributed by atoms with Crippen molar-refractivity contribution in [1.82, 2.24) is 10.9 Å². The van der Waals surface area contributed by atoms with Gasteiger partial charge in [0.1, 0.15) is 5.75 Å². The fourth-order valence-electron chi connectivity index (χ4n) is 2.11. The molecule has 0 aliphatic carbocycles. The van der Waals surface area contributed by atoms with Crippen LogP contribution < -0.4 is 15.6 Å². The summed E-state index contributed by atoms with van der Waals surface area (Å²) in [6.07, 6.45) is -1.14. The summed E-state index contributed by atoms with van der Waals surface area (Å²) in [7, 11) is 0. The summed E-state index contributed by atoms with van der Waals surface area (Å²) in [6, 6.07) is 14.7. The molecule has 146 valence electrons. The number of ketones is 1. The van der Waals surface area contributed by atoms with Crippen LogP contribution in [0.25, 0.3) is 0 Å². The Morgan fingerprint density at radius 1 is 0.929 bits per heavy atom. The van der Waals surface area contributed by atoms with E-state index in [1.807, 2.05) is 0 Å². The molecule has 0 saturated carbocycles. The van der Waals surface area contributed by atoms with Crippen LogP contribution in [0.15, 0.2) is 54.6 Å². The molecule has 2 N–H and O–H groups in total. The van der Waals surface area contributed by atoms with Crippen LogP contribution in [0.2, 0.25) is 0 Å². The monoisotopic (exact) mass is 384 g/mol. The van der Waals surface area contributed by atoms with Crippen LogP contribution >= 0.6 is 0 Å². The second kappa shape index (κ2) is 9.86. The Bertz CT molecular complexity index is 866. The quantitative estimate of drug-likeness (QED) is 0.427. The Balaban J connectivity index is 1.76. The van der Waals surface area contributed by atoms with Gasteiger partial charge in [0, 0.05) is 11.1 Å². The maximum absolute atomic E-state index is 11.9. The number of hydrogen-bond donors (Lipinski definition) is 2. The highest BCUT2D eigenvalue weighted by Crippen LogP contribution is 2.13. The van der Waals surface area contributed by atoms with Gasteiger partial charge in [0.05, 0.1) is 0 Å². The fourth-order valence-corrected chi connectivity index (χ4v) is 2.11. The number of esters is 1. The molecule has 0 aliphatic rings. The smallest absolute Gasteiger partial charge is 0.344 e. The van der Waals surface area contributed by atoms with Crippen molar-refractivity contribution in [2.75, 3.05) is 6.61 Å². The molecule has 0 bridgehead atoms. The van der Waals surface area contributed by atoms with E-state index >= 15 is 0 Å². The third kappa shape index (κ3) is 6.24. The zero-order chi connectivity index (χ0) is 20.5.